The molecule has 3 heterocycles. The number of amides is 1. The molecule has 2 aromatic carbocycles. The molecule has 0 spiro atoms. The summed E-state index contributed by atoms with van der Waals surface area (Å²) in [4.78, 5) is 32.0. The number of pyridine rings is 1. The monoisotopic (exact) mass is 865 g/mol. The van der Waals surface area contributed by atoms with Gasteiger partial charge in [-0.3, -0.25) is 18.9 Å². The van der Waals surface area contributed by atoms with Gasteiger partial charge in [-0.2, -0.15) is 19.0 Å². The predicted octanol–water partition coefficient (Wildman–Crippen LogP) is 5.75. The van der Waals surface area contributed by atoms with E-state index in [4.69, 9.17) is 21.3 Å². The van der Waals surface area contributed by atoms with Gasteiger partial charge in [0.05, 0.1) is 52.4 Å². The fraction of sp³-hybridized carbons (Fsp3) is 0.341. The van der Waals surface area contributed by atoms with Crippen LogP contribution in [0.2, 0.25) is 5.02 Å². The van der Waals surface area contributed by atoms with Crippen molar-refractivity contribution in [1.82, 2.24) is 29.9 Å². The molecule has 19 heteroatoms. The van der Waals surface area contributed by atoms with Crippen molar-refractivity contribution in [1.29, 1.82) is 0 Å². The molecule has 0 bridgehead atoms. The molecule has 0 fully saturated rings. The van der Waals surface area contributed by atoms with Crippen LogP contribution in [0.15, 0.2) is 42.5 Å². The first-order valence-electron chi connectivity index (χ1n) is 18.4. The van der Waals surface area contributed by atoms with Crippen molar-refractivity contribution in [3.8, 4) is 34.8 Å². The van der Waals surface area contributed by atoms with Crippen LogP contribution in [0.25, 0.3) is 22.0 Å². The highest BCUT2D eigenvalue weighted by Gasteiger charge is 2.59. The molecule has 0 radical (unpaired) electrons. The van der Waals surface area contributed by atoms with Crippen LogP contribution in [0.5, 0.6) is 0 Å². The molecule has 1 amide bonds. The number of sulfonamides is 1. The van der Waals surface area contributed by atoms with Gasteiger partial charge in [0.2, 0.25) is 15.9 Å². The van der Waals surface area contributed by atoms with Crippen molar-refractivity contribution in [3.05, 3.63) is 93.0 Å². The van der Waals surface area contributed by atoms with Gasteiger partial charge in [0.15, 0.2) is 11.5 Å². The highest BCUT2D eigenvalue weighted by Crippen LogP contribution is 2.56. The van der Waals surface area contributed by atoms with E-state index in [1.54, 1.807) is 26.1 Å². The first kappa shape index (κ1) is 42.2. The molecule has 60 heavy (non-hydrogen) atoms. The number of ether oxygens (including phenoxy) is 1. The van der Waals surface area contributed by atoms with Crippen molar-refractivity contribution < 1.29 is 45.4 Å². The summed E-state index contributed by atoms with van der Waals surface area (Å²) in [6.45, 7) is 3.55. The highest BCUT2D eigenvalue weighted by molar-refractivity contribution is 7.92. The average molecular weight is 866 g/mol. The minimum Gasteiger partial charge on any atom is -0.461 e. The maximum atomic E-state index is 16.1. The molecule has 2 aliphatic rings. The van der Waals surface area contributed by atoms with Gasteiger partial charge in [-0.05, 0) is 69.0 Å². The molecule has 0 saturated heterocycles. The van der Waals surface area contributed by atoms with Gasteiger partial charge in [0, 0.05) is 36.2 Å². The first-order chi connectivity index (χ1) is 28.1. The van der Waals surface area contributed by atoms with Gasteiger partial charge < -0.3 is 15.2 Å². The summed E-state index contributed by atoms with van der Waals surface area (Å²) in [5.74, 6) is 1.29. The number of hydrogen-bond donors (Lipinski definition) is 3. The van der Waals surface area contributed by atoms with Crippen LogP contribution in [-0.4, -0.2) is 68.4 Å². The normalized spacial score (nSPS) is 16.9. The second-order valence-corrected chi connectivity index (χ2v) is 17.1. The number of hydrogen-bond acceptors (Lipinski definition) is 9. The summed E-state index contributed by atoms with van der Waals surface area (Å²) in [5.41, 5.74) is -1.36. The van der Waals surface area contributed by atoms with Crippen LogP contribution in [0.1, 0.15) is 77.8 Å². The second-order valence-electron chi connectivity index (χ2n) is 14.9. The molecule has 3 N–H and O–H groups in total. The van der Waals surface area contributed by atoms with E-state index in [2.05, 4.69) is 43.9 Å². The topological polar surface area (TPSA) is 170 Å². The maximum Gasteiger partial charge on any atom is 0.359 e. The van der Waals surface area contributed by atoms with Crippen molar-refractivity contribution in [3.63, 3.8) is 0 Å². The summed E-state index contributed by atoms with van der Waals surface area (Å²) in [5, 5.41) is 22.0. The Kier molecular flexibility index (Phi) is 11.0. The number of carbonyl (C=O) groups excluding carboxylic acids is 2. The number of halogens is 5. The maximum absolute atomic E-state index is 16.1. The summed E-state index contributed by atoms with van der Waals surface area (Å²) in [7, 11) is -2.28. The number of aliphatic hydroxyl groups is 1. The van der Waals surface area contributed by atoms with Crippen LogP contribution >= 0.6 is 11.6 Å². The molecule has 5 aromatic rings. The van der Waals surface area contributed by atoms with Gasteiger partial charge in [0.1, 0.15) is 35.2 Å². The molecule has 3 atom stereocenters. The zero-order valence-corrected chi connectivity index (χ0v) is 34.2. The van der Waals surface area contributed by atoms with E-state index >= 15 is 8.78 Å². The Morgan fingerprint density at radius 2 is 1.83 bits per heavy atom. The third kappa shape index (κ3) is 8.27. The summed E-state index contributed by atoms with van der Waals surface area (Å²) in [6.07, 6.45) is 0.487. The van der Waals surface area contributed by atoms with Gasteiger partial charge in [0.25, 0.3) is 5.92 Å². The molecule has 0 aliphatic heterocycles. The Morgan fingerprint density at radius 1 is 1.13 bits per heavy atom. The third-order valence-corrected chi connectivity index (χ3v) is 10.7. The zero-order chi connectivity index (χ0) is 43.5. The van der Waals surface area contributed by atoms with Crippen LogP contribution in [0.3, 0.4) is 0 Å². The van der Waals surface area contributed by atoms with Gasteiger partial charge in [-0.15, -0.1) is 5.92 Å². The number of rotatable bonds is 11. The molecule has 13 nitrogen and oxygen atoms in total. The summed E-state index contributed by atoms with van der Waals surface area (Å²) < 4.78 is 95.7. The molecule has 0 unspecified atom stereocenters. The van der Waals surface area contributed by atoms with Crippen LogP contribution in [0.4, 0.5) is 23.4 Å². The lowest BCUT2D eigenvalue weighted by molar-refractivity contribution is -0.123. The largest absolute Gasteiger partial charge is 0.461 e. The average Bonchev–Trinajstić information content (AvgIpc) is 3.89. The predicted molar refractivity (Wildman–Crippen MR) is 212 cm³/mol. The smallest absolute Gasteiger partial charge is 0.359 e. The molecule has 0 saturated carbocycles. The Balaban J connectivity index is 1.39. The number of nitrogens with zero attached hydrogens (tertiary/aromatic N) is 5. The van der Waals surface area contributed by atoms with Gasteiger partial charge >= 0.3 is 5.97 Å². The summed E-state index contributed by atoms with van der Waals surface area (Å²) >= 11 is 6.62. The van der Waals surface area contributed by atoms with E-state index in [9.17, 15) is 31.9 Å². The number of aromatic nitrogens is 5. The van der Waals surface area contributed by atoms with Crippen LogP contribution in [0, 0.1) is 41.2 Å². The lowest BCUT2D eigenvalue weighted by atomic mass is 9.93. The zero-order valence-electron chi connectivity index (χ0n) is 32.6. The molecular formula is C41H36ClF4N7O6S. The number of benzene rings is 2. The lowest BCUT2D eigenvalue weighted by Gasteiger charge is -2.23. The second kappa shape index (κ2) is 15.6. The van der Waals surface area contributed by atoms with Crippen molar-refractivity contribution in [2.24, 2.45) is 13.0 Å². The number of alkyl halides is 2. The van der Waals surface area contributed by atoms with Crippen molar-refractivity contribution in [2.45, 2.75) is 63.6 Å². The summed E-state index contributed by atoms with van der Waals surface area (Å²) in [6, 6.07) is 7.70. The fourth-order valence-electron chi connectivity index (χ4n) is 7.52. The minimum absolute atomic E-state index is 0.0612. The Bertz CT molecular complexity index is 2830. The molecule has 3 aromatic heterocycles. The quantitative estimate of drug-likeness (QED) is 0.0851. The number of fused-ring (bicyclic) bond motifs is 4. The molecule has 2 aliphatic carbocycles. The lowest BCUT2D eigenvalue weighted by Crippen LogP contribution is -2.35. The number of esters is 1. The number of nitrogens with one attached hydrogen (secondary N) is 2. The van der Waals surface area contributed by atoms with E-state index in [0.29, 0.717) is 22.7 Å². The molecular weight excluding hydrogens is 830 g/mol. The Labute approximate surface area is 346 Å². The van der Waals surface area contributed by atoms with Gasteiger partial charge in [-0.25, -0.2) is 27.0 Å². The molecule has 7 rings (SSSR count). The van der Waals surface area contributed by atoms with Crippen LogP contribution < -0.4 is 10.0 Å². The SMILES string of the molecule is CCOC(=O)c1nn(CC(=O)N[C@@H](Cc2cc(F)cc(F)c2)c2nc(C#CC(C)(C)O)ccc2-c2ccc(Cl)c3c(NS(C)(=O)=O)nn(C)c23)c2c1[C@H]1C#CC[C@H]1C2(F)F. The van der Waals surface area contributed by atoms with E-state index < -0.39 is 75.2 Å². The Morgan fingerprint density at radius 3 is 2.50 bits per heavy atom. The highest BCUT2D eigenvalue weighted by atomic mass is 35.5. The van der Waals surface area contributed by atoms with Crippen molar-refractivity contribution in [2.75, 3.05) is 17.6 Å². The van der Waals surface area contributed by atoms with E-state index in [-0.39, 0.29) is 63.9 Å². The minimum atomic E-state index is -3.83. The first-order valence-corrected chi connectivity index (χ1v) is 20.7. The van der Waals surface area contributed by atoms with E-state index in [1.165, 1.54) is 30.7 Å². The van der Waals surface area contributed by atoms with Crippen LogP contribution in [-0.2, 0) is 45.5 Å². The third-order valence-electron chi connectivity index (χ3n) is 9.78. The Hall–Kier alpha value is -5.95. The van der Waals surface area contributed by atoms with Gasteiger partial charge in [-0.1, -0.05) is 29.5 Å². The number of aryl methyl sites for hydroxylation is 1. The number of carbonyl (C=O) groups is 2. The van der Waals surface area contributed by atoms with E-state index in [1.807, 2.05) is 0 Å². The van der Waals surface area contributed by atoms with Crippen molar-refractivity contribution >= 4 is 50.2 Å². The molecule has 312 valence electrons. The van der Waals surface area contributed by atoms with E-state index in [0.717, 1.165) is 23.1 Å². The fourth-order valence-corrected chi connectivity index (χ4v) is 8.26. The number of anilines is 1. The standard InChI is InChI=1S/C41H36ClF4N7O6S/c1-6-59-39(55)35-32-27-8-7-9-28(27)41(45,46)37(32)53(49-35)20-31(54)48-30(18-21-16-22(43)19-23(44)17-21)34-25(11-10-24(47-34)14-15-40(2,3)56)26-12-13-29(42)33-36(26)52(4)50-38(33)51-60(5,57)58/h10-13,16-17,19,27-28,30,56H,6,9,18,20H2,1-5H3,(H,48,54)(H,50,51)/t27-,28+,30-/m0/s1.